The number of anilines is 1. The predicted molar refractivity (Wildman–Crippen MR) is 96.4 cm³/mol. The molecule has 2 heterocycles. The lowest BCUT2D eigenvalue weighted by Gasteiger charge is -2.14. The second-order valence-corrected chi connectivity index (χ2v) is 8.42. The molecular formula is C18H17N3O3S. The van der Waals surface area contributed by atoms with Crippen molar-refractivity contribution in [3.8, 4) is 0 Å². The first-order valence-corrected chi connectivity index (χ1v) is 10.0. The smallest absolute Gasteiger partial charge is 0.260 e. The van der Waals surface area contributed by atoms with E-state index in [2.05, 4.69) is 4.98 Å². The second kappa shape index (κ2) is 5.70. The molecule has 7 heteroatoms. The van der Waals surface area contributed by atoms with Gasteiger partial charge in [0.2, 0.25) is 5.95 Å². The van der Waals surface area contributed by atoms with Gasteiger partial charge in [0.1, 0.15) is 0 Å². The number of aromatic nitrogens is 2. The Balaban J connectivity index is 1.68. The van der Waals surface area contributed by atoms with Crippen molar-refractivity contribution >= 4 is 32.7 Å². The number of hydrogen-bond acceptors (Lipinski definition) is 4. The highest BCUT2D eigenvalue weighted by Gasteiger charge is 2.29. The van der Waals surface area contributed by atoms with Gasteiger partial charge >= 0.3 is 0 Å². The van der Waals surface area contributed by atoms with E-state index in [1.54, 1.807) is 29.2 Å². The van der Waals surface area contributed by atoms with E-state index in [0.717, 1.165) is 11.0 Å². The van der Waals surface area contributed by atoms with E-state index in [1.165, 1.54) is 6.26 Å². The Kier molecular flexibility index (Phi) is 3.61. The van der Waals surface area contributed by atoms with Gasteiger partial charge in [0.15, 0.2) is 9.84 Å². The Hall–Kier alpha value is -2.67. The number of nitrogens with zero attached hydrogens (tertiary/aromatic N) is 3. The summed E-state index contributed by atoms with van der Waals surface area (Å²) in [5.74, 6) is 0.399. The monoisotopic (exact) mass is 355 g/mol. The zero-order chi connectivity index (χ0) is 17.6. The molecule has 1 aliphatic heterocycles. The molecule has 2 aromatic carbocycles. The summed E-state index contributed by atoms with van der Waals surface area (Å²) in [4.78, 5) is 19.2. The van der Waals surface area contributed by atoms with Crippen molar-refractivity contribution < 1.29 is 13.2 Å². The average Bonchev–Trinajstić information content (AvgIpc) is 3.12. The topological polar surface area (TPSA) is 72.3 Å². The number of fused-ring (bicyclic) bond motifs is 3. The quantitative estimate of drug-likeness (QED) is 0.722. The lowest BCUT2D eigenvalue weighted by Crippen LogP contribution is -2.29. The third kappa shape index (κ3) is 2.91. The van der Waals surface area contributed by atoms with Crippen molar-refractivity contribution in [2.75, 3.05) is 17.7 Å². The lowest BCUT2D eigenvalue weighted by molar-refractivity contribution is 0.0988. The minimum Gasteiger partial charge on any atom is -0.308 e. The third-order valence-corrected chi connectivity index (χ3v) is 5.13. The van der Waals surface area contributed by atoms with Crippen LogP contribution in [0.5, 0.6) is 0 Å². The molecule has 0 N–H and O–H groups in total. The first kappa shape index (κ1) is 15.8. The first-order valence-electron chi connectivity index (χ1n) is 7.96. The SMILES string of the molecule is CS(=O)(=O)Cc1cccc(C(=O)N2CCn3c2nc2ccccc23)c1. The predicted octanol–water partition coefficient (Wildman–Crippen LogP) is 2.24. The summed E-state index contributed by atoms with van der Waals surface area (Å²) in [7, 11) is -3.15. The van der Waals surface area contributed by atoms with Gasteiger partial charge in [-0.15, -0.1) is 0 Å². The number of para-hydroxylation sites is 2. The zero-order valence-corrected chi connectivity index (χ0v) is 14.5. The number of hydrogen-bond donors (Lipinski definition) is 0. The van der Waals surface area contributed by atoms with Crippen LogP contribution in [-0.2, 0) is 22.1 Å². The molecule has 1 aliphatic rings. The molecule has 0 spiro atoms. The standard InChI is InChI=1S/C18H17N3O3S/c1-25(23,24)12-13-5-4-6-14(11-13)17(22)21-10-9-20-16-8-3-2-7-15(16)19-18(20)21/h2-8,11H,9-10,12H2,1H3. The van der Waals surface area contributed by atoms with Crippen molar-refractivity contribution in [2.24, 2.45) is 0 Å². The van der Waals surface area contributed by atoms with Crippen LogP contribution in [0.1, 0.15) is 15.9 Å². The molecule has 0 fully saturated rings. The van der Waals surface area contributed by atoms with Gasteiger partial charge in [-0.2, -0.15) is 0 Å². The summed E-state index contributed by atoms with van der Waals surface area (Å²) in [5, 5.41) is 0. The molecule has 0 saturated heterocycles. The van der Waals surface area contributed by atoms with Gasteiger partial charge in [0, 0.05) is 24.9 Å². The van der Waals surface area contributed by atoms with E-state index in [4.69, 9.17) is 0 Å². The van der Waals surface area contributed by atoms with Crippen LogP contribution in [0, 0.1) is 0 Å². The normalized spacial score (nSPS) is 14.0. The summed E-state index contributed by atoms with van der Waals surface area (Å²) in [6, 6.07) is 14.6. The fraction of sp³-hybridized carbons (Fsp3) is 0.222. The van der Waals surface area contributed by atoms with Crippen LogP contribution in [-0.4, -0.2) is 36.7 Å². The number of carbonyl (C=O) groups excluding carboxylic acids is 1. The first-order chi connectivity index (χ1) is 11.9. The fourth-order valence-electron chi connectivity index (χ4n) is 3.23. The number of amides is 1. The maximum atomic E-state index is 12.9. The summed E-state index contributed by atoms with van der Waals surface area (Å²) in [5.41, 5.74) is 2.96. The molecule has 0 saturated carbocycles. The number of sulfone groups is 1. The highest BCUT2D eigenvalue weighted by Crippen LogP contribution is 2.28. The van der Waals surface area contributed by atoms with Gasteiger partial charge in [-0.25, -0.2) is 13.4 Å². The largest absolute Gasteiger partial charge is 0.308 e. The molecule has 0 bridgehead atoms. The zero-order valence-electron chi connectivity index (χ0n) is 13.7. The number of rotatable bonds is 3. The number of benzene rings is 2. The van der Waals surface area contributed by atoms with Crippen molar-refractivity contribution in [3.63, 3.8) is 0 Å². The van der Waals surface area contributed by atoms with Crippen molar-refractivity contribution in [1.29, 1.82) is 0 Å². The molecule has 0 atom stereocenters. The molecule has 3 aromatic rings. The fourth-order valence-corrected chi connectivity index (χ4v) is 4.02. The summed E-state index contributed by atoms with van der Waals surface area (Å²) >= 11 is 0. The Morgan fingerprint density at radius 3 is 2.72 bits per heavy atom. The highest BCUT2D eigenvalue weighted by atomic mass is 32.2. The van der Waals surface area contributed by atoms with E-state index in [1.807, 2.05) is 28.8 Å². The van der Waals surface area contributed by atoms with Gasteiger partial charge in [-0.1, -0.05) is 24.3 Å². The molecule has 128 valence electrons. The third-order valence-electron chi connectivity index (χ3n) is 4.27. The number of imidazole rings is 1. The second-order valence-electron chi connectivity index (χ2n) is 6.28. The molecule has 25 heavy (non-hydrogen) atoms. The van der Waals surface area contributed by atoms with Gasteiger partial charge in [0.25, 0.3) is 5.91 Å². The van der Waals surface area contributed by atoms with E-state index in [0.29, 0.717) is 30.2 Å². The van der Waals surface area contributed by atoms with E-state index < -0.39 is 9.84 Å². The van der Waals surface area contributed by atoms with Crippen molar-refractivity contribution in [1.82, 2.24) is 9.55 Å². The summed E-state index contributed by atoms with van der Waals surface area (Å²) in [6.07, 6.45) is 1.18. The van der Waals surface area contributed by atoms with Crippen LogP contribution in [0.15, 0.2) is 48.5 Å². The van der Waals surface area contributed by atoms with Crippen LogP contribution in [0.25, 0.3) is 11.0 Å². The summed E-state index contributed by atoms with van der Waals surface area (Å²) < 4.78 is 25.0. The molecule has 1 amide bonds. The van der Waals surface area contributed by atoms with E-state index in [9.17, 15) is 13.2 Å². The molecule has 0 unspecified atom stereocenters. The van der Waals surface area contributed by atoms with Crippen molar-refractivity contribution in [3.05, 3.63) is 59.7 Å². The minimum absolute atomic E-state index is 0.0768. The van der Waals surface area contributed by atoms with Crippen LogP contribution in [0.2, 0.25) is 0 Å². The van der Waals surface area contributed by atoms with Gasteiger partial charge < -0.3 is 4.57 Å². The summed E-state index contributed by atoms with van der Waals surface area (Å²) in [6.45, 7) is 1.26. The lowest BCUT2D eigenvalue weighted by atomic mass is 10.1. The average molecular weight is 355 g/mol. The molecule has 0 radical (unpaired) electrons. The molecule has 1 aromatic heterocycles. The van der Waals surface area contributed by atoms with Gasteiger partial charge in [-0.3, -0.25) is 9.69 Å². The van der Waals surface area contributed by atoms with E-state index in [-0.39, 0.29) is 11.7 Å². The van der Waals surface area contributed by atoms with Gasteiger partial charge in [-0.05, 0) is 29.8 Å². The van der Waals surface area contributed by atoms with Crippen LogP contribution in [0.4, 0.5) is 5.95 Å². The maximum Gasteiger partial charge on any atom is 0.260 e. The van der Waals surface area contributed by atoms with Crippen LogP contribution in [0.3, 0.4) is 0 Å². The van der Waals surface area contributed by atoms with Crippen LogP contribution < -0.4 is 4.90 Å². The maximum absolute atomic E-state index is 12.9. The van der Waals surface area contributed by atoms with Gasteiger partial charge in [0.05, 0.1) is 16.8 Å². The number of carbonyl (C=O) groups is 1. The Morgan fingerprint density at radius 2 is 1.92 bits per heavy atom. The minimum atomic E-state index is -3.15. The molecular weight excluding hydrogens is 338 g/mol. The Bertz CT molecular complexity index is 1090. The van der Waals surface area contributed by atoms with Crippen molar-refractivity contribution in [2.45, 2.75) is 12.3 Å². The molecule has 6 nitrogen and oxygen atoms in total. The van der Waals surface area contributed by atoms with Crippen LogP contribution >= 0.6 is 0 Å². The molecule has 4 rings (SSSR count). The Labute approximate surface area is 145 Å². The Morgan fingerprint density at radius 1 is 1.12 bits per heavy atom. The van der Waals surface area contributed by atoms with E-state index >= 15 is 0 Å². The highest BCUT2D eigenvalue weighted by molar-refractivity contribution is 7.89. The molecule has 0 aliphatic carbocycles.